The van der Waals surface area contributed by atoms with Crippen LogP contribution in [0.5, 0.6) is 5.75 Å². The van der Waals surface area contributed by atoms with Gasteiger partial charge in [0.25, 0.3) is 0 Å². The van der Waals surface area contributed by atoms with Crippen molar-refractivity contribution in [1.82, 2.24) is 4.98 Å². The van der Waals surface area contributed by atoms with Crippen molar-refractivity contribution >= 4 is 39.7 Å². The lowest BCUT2D eigenvalue weighted by Gasteiger charge is -2.06. The lowest BCUT2D eigenvalue weighted by atomic mass is 10.2. The maximum atomic E-state index is 10.5. The second-order valence-electron chi connectivity index (χ2n) is 4.01. The van der Waals surface area contributed by atoms with E-state index in [0.717, 1.165) is 11.4 Å². The van der Waals surface area contributed by atoms with E-state index < -0.39 is 5.97 Å². The number of rotatable bonds is 6. The number of methoxy groups -OCH3 is 1. The van der Waals surface area contributed by atoms with Crippen molar-refractivity contribution in [2.45, 2.75) is 12.8 Å². The van der Waals surface area contributed by atoms with Gasteiger partial charge in [-0.25, -0.2) is 4.98 Å². The number of hydrogen-bond donors (Lipinski definition) is 2. The molecule has 0 amide bonds. The van der Waals surface area contributed by atoms with E-state index >= 15 is 0 Å². The molecule has 2 aromatic rings. The molecule has 20 heavy (non-hydrogen) atoms. The molecule has 7 heteroatoms. The predicted octanol–water partition coefficient (Wildman–Crippen LogP) is 3.57. The van der Waals surface area contributed by atoms with Crippen molar-refractivity contribution in [1.29, 1.82) is 0 Å². The number of nitrogens with one attached hydrogen (secondary N) is 1. The molecule has 0 aliphatic heterocycles. The maximum absolute atomic E-state index is 10.5. The molecule has 0 aliphatic carbocycles. The Labute approximate surface area is 125 Å². The summed E-state index contributed by atoms with van der Waals surface area (Å²) in [6.07, 6.45) is 0.508. The number of aliphatic carboxylic acids is 1. The van der Waals surface area contributed by atoms with Gasteiger partial charge in [0.05, 0.1) is 24.2 Å². The van der Waals surface area contributed by atoms with Crippen molar-refractivity contribution in [2.75, 3.05) is 12.4 Å². The van der Waals surface area contributed by atoms with Gasteiger partial charge in [-0.3, -0.25) is 4.79 Å². The minimum atomic E-state index is -0.825. The molecule has 2 N–H and O–H groups in total. The number of benzene rings is 1. The van der Waals surface area contributed by atoms with Crippen LogP contribution in [0.4, 0.5) is 10.8 Å². The predicted molar refractivity (Wildman–Crippen MR) is 79.4 cm³/mol. The van der Waals surface area contributed by atoms with Crippen LogP contribution in [0.2, 0.25) is 5.02 Å². The SMILES string of the molecule is COc1ccc(Nc2nc(CCC(=O)O)cs2)cc1Cl. The number of carbonyl (C=O) groups is 1. The Morgan fingerprint density at radius 3 is 3.00 bits per heavy atom. The molecule has 5 nitrogen and oxygen atoms in total. The number of ether oxygens (including phenoxy) is 1. The van der Waals surface area contributed by atoms with E-state index in [-0.39, 0.29) is 6.42 Å². The Balaban J connectivity index is 2.03. The second-order valence-corrected chi connectivity index (χ2v) is 5.28. The van der Waals surface area contributed by atoms with Crippen molar-refractivity contribution in [2.24, 2.45) is 0 Å². The molecular formula is C13H13ClN2O3S. The molecule has 0 spiro atoms. The fraction of sp³-hybridized carbons (Fsp3) is 0.231. The van der Waals surface area contributed by atoms with Gasteiger partial charge >= 0.3 is 5.97 Å². The van der Waals surface area contributed by atoms with E-state index in [1.807, 2.05) is 11.4 Å². The normalized spacial score (nSPS) is 10.3. The summed E-state index contributed by atoms with van der Waals surface area (Å²) in [5.74, 6) is -0.215. The quantitative estimate of drug-likeness (QED) is 0.853. The number of aryl methyl sites for hydroxylation is 1. The Bertz CT molecular complexity index is 615. The first-order valence-electron chi connectivity index (χ1n) is 5.85. The Morgan fingerprint density at radius 2 is 2.35 bits per heavy atom. The van der Waals surface area contributed by atoms with Gasteiger partial charge in [0.1, 0.15) is 5.75 Å². The van der Waals surface area contributed by atoms with E-state index in [9.17, 15) is 4.79 Å². The third kappa shape index (κ3) is 3.85. The van der Waals surface area contributed by atoms with E-state index in [2.05, 4.69) is 10.3 Å². The first-order valence-corrected chi connectivity index (χ1v) is 7.11. The molecule has 0 saturated heterocycles. The number of halogens is 1. The van der Waals surface area contributed by atoms with Gasteiger partial charge in [0, 0.05) is 17.5 Å². The summed E-state index contributed by atoms with van der Waals surface area (Å²) < 4.78 is 5.08. The molecule has 106 valence electrons. The summed E-state index contributed by atoms with van der Waals surface area (Å²) in [5.41, 5.74) is 1.56. The summed E-state index contributed by atoms with van der Waals surface area (Å²) in [6, 6.07) is 5.35. The van der Waals surface area contributed by atoms with Crippen LogP contribution in [-0.2, 0) is 11.2 Å². The zero-order valence-corrected chi connectivity index (χ0v) is 12.3. The fourth-order valence-electron chi connectivity index (χ4n) is 1.58. The first kappa shape index (κ1) is 14.6. The van der Waals surface area contributed by atoms with Crippen LogP contribution < -0.4 is 10.1 Å². The molecule has 0 radical (unpaired) electrons. The molecule has 0 bridgehead atoms. The van der Waals surface area contributed by atoms with Gasteiger partial charge in [-0.05, 0) is 18.2 Å². The number of carboxylic acids is 1. The molecule has 1 aromatic carbocycles. The molecule has 0 atom stereocenters. The molecule has 0 saturated carbocycles. The van der Waals surface area contributed by atoms with Crippen molar-refractivity contribution in [3.8, 4) is 5.75 Å². The standard InChI is InChI=1S/C13H13ClN2O3S/c1-19-11-4-2-8(6-10(11)14)15-13-16-9(7-20-13)3-5-12(17)18/h2,4,6-7H,3,5H2,1H3,(H,15,16)(H,17,18). The number of carboxylic acid groups (broad SMARTS) is 1. The van der Waals surface area contributed by atoms with Crippen LogP contribution in [0.15, 0.2) is 23.6 Å². The number of hydrogen-bond acceptors (Lipinski definition) is 5. The minimum Gasteiger partial charge on any atom is -0.495 e. The van der Waals surface area contributed by atoms with E-state index in [0.29, 0.717) is 22.3 Å². The van der Waals surface area contributed by atoms with Gasteiger partial charge in [0.2, 0.25) is 0 Å². The topological polar surface area (TPSA) is 71.5 Å². The lowest BCUT2D eigenvalue weighted by molar-refractivity contribution is -0.136. The average molecular weight is 313 g/mol. The third-order valence-corrected chi connectivity index (χ3v) is 3.65. The summed E-state index contributed by atoms with van der Waals surface area (Å²) in [6.45, 7) is 0. The van der Waals surface area contributed by atoms with Gasteiger partial charge in [-0.2, -0.15) is 0 Å². The van der Waals surface area contributed by atoms with Crippen LogP contribution in [0, 0.1) is 0 Å². The van der Waals surface area contributed by atoms with Crippen LogP contribution in [0.3, 0.4) is 0 Å². The van der Waals surface area contributed by atoms with Crippen molar-refractivity contribution in [3.63, 3.8) is 0 Å². The summed E-state index contributed by atoms with van der Waals surface area (Å²) >= 11 is 7.46. The maximum Gasteiger partial charge on any atom is 0.303 e. The van der Waals surface area contributed by atoms with E-state index in [1.165, 1.54) is 11.3 Å². The monoisotopic (exact) mass is 312 g/mol. The van der Waals surface area contributed by atoms with Gasteiger partial charge < -0.3 is 15.2 Å². The highest BCUT2D eigenvalue weighted by Gasteiger charge is 2.06. The number of anilines is 2. The number of nitrogens with zero attached hydrogens (tertiary/aromatic N) is 1. The highest BCUT2D eigenvalue weighted by Crippen LogP contribution is 2.29. The van der Waals surface area contributed by atoms with Gasteiger partial charge in [-0.1, -0.05) is 11.6 Å². The number of thiazole rings is 1. The second kappa shape index (κ2) is 6.58. The lowest BCUT2D eigenvalue weighted by Crippen LogP contribution is -1.98. The first-order chi connectivity index (χ1) is 9.58. The molecule has 0 unspecified atom stereocenters. The van der Waals surface area contributed by atoms with Crippen LogP contribution in [0.1, 0.15) is 12.1 Å². The van der Waals surface area contributed by atoms with Gasteiger partial charge in [-0.15, -0.1) is 11.3 Å². The average Bonchev–Trinajstić information content (AvgIpc) is 2.84. The number of aromatic nitrogens is 1. The molecule has 0 aliphatic rings. The summed E-state index contributed by atoms with van der Waals surface area (Å²) in [7, 11) is 1.56. The largest absolute Gasteiger partial charge is 0.495 e. The molecule has 1 aromatic heterocycles. The van der Waals surface area contributed by atoms with Crippen LogP contribution in [0.25, 0.3) is 0 Å². The van der Waals surface area contributed by atoms with Gasteiger partial charge in [0.15, 0.2) is 5.13 Å². The Kier molecular flexibility index (Phi) is 4.81. The van der Waals surface area contributed by atoms with Crippen molar-refractivity contribution < 1.29 is 14.6 Å². The zero-order chi connectivity index (χ0) is 14.5. The smallest absolute Gasteiger partial charge is 0.303 e. The van der Waals surface area contributed by atoms with E-state index in [4.69, 9.17) is 21.4 Å². The summed E-state index contributed by atoms with van der Waals surface area (Å²) in [5, 5.41) is 14.8. The molecule has 0 fully saturated rings. The highest BCUT2D eigenvalue weighted by atomic mass is 35.5. The van der Waals surface area contributed by atoms with E-state index in [1.54, 1.807) is 19.2 Å². The Hall–Kier alpha value is -1.79. The Morgan fingerprint density at radius 1 is 1.55 bits per heavy atom. The third-order valence-electron chi connectivity index (χ3n) is 2.55. The molecule has 2 rings (SSSR count). The van der Waals surface area contributed by atoms with Crippen LogP contribution in [-0.4, -0.2) is 23.2 Å². The fourth-order valence-corrected chi connectivity index (χ4v) is 2.60. The zero-order valence-electron chi connectivity index (χ0n) is 10.7. The summed E-state index contributed by atoms with van der Waals surface area (Å²) in [4.78, 5) is 14.8. The van der Waals surface area contributed by atoms with Crippen molar-refractivity contribution in [3.05, 3.63) is 34.3 Å². The van der Waals surface area contributed by atoms with Crippen LogP contribution >= 0.6 is 22.9 Å². The molecule has 1 heterocycles. The minimum absolute atomic E-state index is 0.0809. The highest BCUT2D eigenvalue weighted by molar-refractivity contribution is 7.13. The molecular weight excluding hydrogens is 300 g/mol.